The summed E-state index contributed by atoms with van der Waals surface area (Å²) in [4.78, 5) is 8.86. The van der Waals surface area contributed by atoms with Gasteiger partial charge in [-0.05, 0) is 31.5 Å². The average molecular weight is 297 g/mol. The van der Waals surface area contributed by atoms with Crippen molar-refractivity contribution in [2.24, 2.45) is 0 Å². The number of nitrogens with zero attached hydrogens (tertiary/aromatic N) is 2. The van der Waals surface area contributed by atoms with Gasteiger partial charge in [0.2, 0.25) is 0 Å². The molecule has 2 rings (SSSR count). The maximum Gasteiger partial charge on any atom is 0.164 e. The first kappa shape index (κ1) is 14.1. The fourth-order valence-corrected chi connectivity index (χ4v) is 2.20. The maximum absolute atomic E-state index is 6.16. The fourth-order valence-electron chi connectivity index (χ4n) is 1.85. The van der Waals surface area contributed by atoms with Gasteiger partial charge in [-0.15, -0.1) is 0 Å². The van der Waals surface area contributed by atoms with E-state index in [2.05, 4.69) is 9.97 Å². The van der Waals surface area contributed by atoms with E-state index < -0.39 is 0 Å². The molecule has 0 aliphatic heterocycles. The zero-order chi connectivity index (χ0) is 14.0. The Hall–Kier alpha value is -1.32. The predicted octanol–water partition coefficient (Wildman–Crippen LogP) is 4.33. The van der Waals surface area contributed by atoms with Crippen LogP contribution in [0.15, 0.2) is 18.2 Å². The monoisotopic (exact) mass is 296 g/mol. The van der Waals surface area contributed by atoms with Crippen molar-refractivity contribution >= 4 is 23.2 Å². The molecule has 0 radical (unpaired) electrons. The van der Waals surface area contributed by atoms with Gasteiger partial charge in [0.05, 0.1) is 12.7 Å². The molecule has 1 aromatic heterocycles. The van der Waals surface area contributed by atoms with Gasteiger partial charge < -0.3 is 4.74 Å². The Morgan fingerprint density at radius 1 is 1.21 bits per heavy atom. The highest BCUT2D eigenvalue weighted by Crippen LogP contribution is 2.31. The number of methoxy groups -OCH3 is 1. The molecule has 0 saturated carbocycles. The summed E-state index contributed by atoms with van der Waals surface area (Å²) in [5.74, 6) is 1.19. The van der Waals surface area contributed by atoms with E-state index in [4.69, 9.17) is 27.9 Å². The van der Waals surface area contributed by atoms with Crippen molar-refractivity contribution in [2.45, 2.75) is 20.3 Å². The first-order chi connectivity index (χ1) is 9.06. The molecule has 2 aromatic rings. The van der Waals surface area contributed by atoms with E-state index in [1.807, 2.05) is 19.9 Å². The summed E-state index contributed by atoms with van der Waals surface area (Å²) in [6.07, 6.45) is 0.803. The minimum absolute atomic E-state index is 0.471. The Bertz CT molecular complexity index is 615. The second kappa shape index (κ2) is 5.76. The van der Waals surface area contributed by atoms with Crippen molar-refractivity contribution < 1.29 is 4.74 Å². The molecule has 100 valence electrons. The summed E-state index contributed by atoms with van der Waals surface area (Å²) in [7, 11) is 1.59. The number of aryl methyl sites for hydroxylation is 1. The van der Waals surface area contributed by atoms with E-state index >= 15 is 0 Å². The molecule has 0 unspecified atom stereocenters. The van der Waals surface area contributed by atoms with Gasteiger partial charge >= 0.3 is 0 Å². The van der Waals surface area contributed by atoms with Crippen molar-refractivity contribution in [2.75, 3.05) is 7.11 Å². The van der Waals surface area contributed by atoms with Gasteiger partial charge in [0.25, 0.3) is 0 Å². The third kappa shape index (κ3) is 2.82. The lowest BCUT2D eigenvalue weighted by molar-refractivity contribution is 0.416. The second-order valence-electron chi connectivity index (χ2n) is 4.11. The number of hydrogen-bond acceptors (Lipinski definition) is 3. The summed E-state index contributed by atoms with van der Waals surface area (Å²) in [5.41, 5.74) is 2.64. The van der Waals surface area contributed by atoms with Crippen molar-refractivity contribution in [1.82, 2.24) is 9.97 Å². The molecule has 1 aromatic carbocycles. The number of rotatable bonds is 3. The third-order valence-corrected chi connectivity index (χ3v) is 3.53. The first-order valence-corrected chi connectivity index (χ1v) is 6.69. The largest absolute Gasteiger partial charge is 0.496 e. The Morgan fingerprint density at radius 3 is 2.58 bits per heavy atom. The zero-order valence-corrected chi connectivity index (χ0v) is 12.5. The lowest BCUT2D eigenvalue weighted by Gasteiger charge is -2.11. The quantitative estimate of drug-likeness (QED) is 0.791. The van der Waals surface area contributed by atoms with Crippen molar-refractivity contribution in [3.05, 3.63) is 39.6 Å². The smallest absolute Gasteiger partial charge is 0.164 e. The molecule has 5 heteroatoms. The van der Waals surface area contributed by atoms with E-state index in [0.29, 0.717) is 21.7 Å². The van der Waals surface area contributed by atoms with Gasteiger partial charge in [-0.25, -0.2) is 9.97 Å². The number of ether oxygens (including phenoxy) is 1. The topological polar surface area (TPSA) is 35.0 Å². The molecule has 0 bridgehead atoms. The van der Waals surface area contributed by atoms with Crippen LogP contribution in [-0.2, 0) is 6.42 Å². The normalized spacial score (nSPS) is 10.6. The van der Waals surface area contributed by atoms with Crippen LogP contribution in [0.3, 0.4) is 0 Å². The van der Waals surface area contributed by atoms with E-state index in [1.54, 1.807) is 19.2 Å². The summed E-state index contributed by atoms with van der Waals surface area (Å²) >= 11 is 12.1. The molecule has 0 spiro atoms. The van der Waals surface area contributed by atoms with Crippen LogP contribution >= 0.6 is 23.2 Å². The van der Waals surface area contributed by atoms with Crippen LogP contribution < -0.4 is 4.74 Å². The number of hydrogen-bond donors (Lipinski definition) is 0. The second-order valence-corrected chi connectivity index (χ2v) is 4.90. The van der Waals surface area contributed by atoms with Crippen LogP contribution in [0.1, 0.15) is 18.2 Å². The van der Waals surface area contributed by atoms with Crippen LogP contribution in [0.4, 0.5) is 0 Å². The van der Waals surface area contributed by atoms with Crippen LogP contribution in [0.2, 0.25) is 10.2 Å². The van der Waals surface area contributed by atoms with Crippen molar-refractivity contribution in [1.29, 1.82) is 0 Å². The van der Waals surface area contributed by atoms with E-state index in [1.165, 1.54) is 0 Å². The minimum atomic E-state index is 0.471. The maximum atomic E-state index is 6.16. The lowest BCUT2D eigenvalue weighted by atomic mass is 10.1. The summed E-state index contributed by atoms with van der Waals surface area (Å²) in [5, 5.41) is 1.08. The van der Waals surface area contributed by atoms with Crippen molar-refractivity contribution in [3.8, 4) is 17.1 Å². The predicted molar refractivity (Wildman–Crippen MR) is 78.2 cm³/mol. The summed E-state index contributed by atoms with van der Waals surface area (Å²) in [6.45, 7) is 3.96. The average Bonchev–Trinajstić information content (AvgIpc) is 2.41. The van der Waals surface area contributed by atoms with Gasteiger partial charge in [0.15, 0.2) is 5.82 Å². The van der Waals surface area contributed by atoms with E-state index in [-0.39, 0.29) is 0 Å². The van der Waals surface area contributed by atoms with Crippen LogP contribution in [0.5, 0.6) is 5.75 Å². The number of halogens is 2. The molecule has 0 fully saturated rings. The van der Waals surface area contributed by atoms with Crippen LogP contribution in [0, 0.1) is 6.92 Å². The molecule has 0 saturated heterocycles. The van der Waals surface area contributed by atoms with E-state index in [9.17, 15) is 0 Å². The van der Waals surface area contributed by atoms with Gasteiger partial charge in [0, 0.05) is 16.3 Å². The highest BCUT2D eigenvalue weighted by Gasteiger charge is 2.13. The fraction of sp³-hybridized carbons (Fsp3) is 0.286. The zero-order valence-electron chi connectivity index (χ0n) is 11.0. The van der Waals surface area contributed by atoms with Gasteiger partial charge in [-0.3, -0.25) is 0 Å². The highest BCUT2D eigenvalue weighted by atomic mass is 35.5. The lowest BCUT2D eigenvalue weighted by Crippen LogP contribution is -2.00. The molecule has 0 N–H and O–H groups in total. The number of benzene rings is 1. The van der Waals surface area contributed by atoms with E-state index in [0.717, 1.165) is 23.2 Å². The third-order valence-electron chi connectivity index (χ3n) is 2.93. The summed E-state index contributed by atoms with van der Waals surface area (Å²) in [6, 6.07) is 5.35. The highest BCUT2D eigenvalue weighted by molar-refractivity contribution is 6.31. The standard InChI is InChI=1S/C14H14Cl2N2O/c1-4-11-8(2)13(16)18-14(17-11)10-6-5-9(15)7-12(10)19-3/h5-7H,4H2,1-3H3. The van der Waals surface area contributed by atoms with Gasteiger partial charge in [0.1, 0.15) is 10.9 Å². The summed E-state index contributed by atoms with van der Waals surface area (Å²) < 4.78 is 5.32. The van der Waals surface area contributed by atoms with Gasteiger partial charge in [-0.1, -0.05) is 30.1 Å². The SMILES string of the molecule is CCc1nc(-c2ccc(Cl)cc2OC)nc(Cl)c1C. The molecule has 1 heterocycles. The van der Waals surface area contributed by atoms with Crippen molar-refractivity contribution in [3.63, 3.8) is 0 Å². The Labute approximate surface area is 122 Å². The molecule has 3 nitrogen and oxygen atoms in total. The first-order valence-electron chi connectivity index (χ1n) is 5.93. The molecular formula is C14H14Cl2N2O. The molecular weight excluding hydrogens is 283 g/mol. The molecule has 0 amide bonds. The van der Waals surface area contributed by atoms with Crippen LogP contribution in [-0.4, -0.2) is 17.1 Å². The molecule has 0 aliphatic rings. The Balaban J connectivity index is 2.62. The Morgan fingerprint density at radius 2 is 1.95 bits per heavy atom. The van der Waals surface area contributed by atoms with Crippen LogP contribution in [0.25, 0.3) is 11.4 Å². The molecule has 0 aliphatic carbocycles. The molecule has 19 heavy (non-hydrogen) atoms. The Kier molecular flexibility index (Phi) is 4.27. The minimum Gasteiger partial charge on any atom is -0.496 e. The molecule has 0 atom stereocenters. The number of aromatic nitrogens is 2. The van der Waals surface area contributed by atoms with Gasteiger partial charge in [-0.2, -0.15) is 0 Å².